The smallest absolute Gasteiger partial charge is 0.239 e. The highest BCUT2D eigenvalue weighted by Crippen LogP contribution is 2.20. The molecule has 2 saturated heterocycles. The first kappa shape index (κ1) is 16.7. The van der Waals surface area contributed by atoms with Gasteiger partial charge in [-0.1, -0.05) is 12.8 Å². The van der Waals surface area contributed by atoms with Crippen molar-refractivity contribution in [3.8, 4) is 0 Å². The molecule has 2 fully saturated rings. The Bertz CT molecular complexity index is 442. The third-order valence-electron chi connectivity index (χ3n) is 4.97. The van der Waals surface area contributed by atoms with E-state index in [4.69, 9.17) is 0 Å². The van der Waals surface area contributed by atoms with E-state index in [2.05, 4.69) is 4.90 Å². The second kappa shape index (κ2) is 7.09. The molecule has 2 aliphatic heterocycles. The van der Waals surface area contributed by atoms with Gasteiger partial charge in [-0.05, 0) is 45.7 Å². The predicted octanol–water partition coefficient (Wildman–Crippen LogP) is 1.29. The number of hydrogen-bond acceptors (Lipinski definition) is 4. The molecule has 0 aromatic heterocycles. The Hall–Kier alpha value is -0.620. The lowest BCUT2D eigenvalue weighted by Crippen LogP contribution is -2.51. The summed E-state index contributed by atoms with van der Waals surface area (Å²) in [6.07, 6.45) is 6.02. The van der Waals surface area contributed by atoms with Crippen molar-refractivity contribution in [2.45, 2.75) is 57.5 Å². The van der Waals surface area contributed by atoms with Crippen molar-refractivity contribution in [1.82, 2.24) is 9.80 Å². The number of carbonyl (C=O) groups excluding carboxylic acids is 1. The van der Waals surface area contributed by atoms with Crippen molar-refractivity contribution in [2.24, 2.45) is 0 Å². The van der Waals surface area contributed by atoms with E-state index in [9.17, 15) is 13.2 Å². The summed E-state index contributed by atoms with van der Waals surface area (Å²) >= 11 is 0. The van der Waals surface area contributed by atoms with Crippen molar-refractivity contribution in [1.29, 1.82) is 0 Å². The van der Waals surface area contributed by atoms with Gasteiger partial charge in [0.1, 0.15) is 9.84 Å². The van der Waals surface area contributed by atoms with Crippen molar-refractivity contribution in [3.05, 3.63) is 0 Å². The van der Waals surface area contributed by atoms with Crippen LogP contribution in [0.5, 0.6) is 0 Å². The zero-order valence-electron chi connectivity index (χ0n) is 13.3. The molecule has 0 saturated carbocycles. The highest BCUT2D eigenvalue weighted by Gasteiger charge is 2.32. The van der Waals surface area contributed by atoms with Crippen LogP contribution in [0, 0.1) is 0 Å². The lowest BCUT2D eigenvalue weighted by molar-refractivity contribution is -0.137. The van der Waals surface area contributed by atoms with Crippen LogP contribution in [0.2, 0.25) is 0 Å². The Morgan fingerprint density at radius 2 is 1.62 bits per heavy atom. The Kier molecular flexibility index (Phi) is 5.66. The van der Waals surface area contributed by atoms with Crippen LogP contribution in [-0.4, -0.2) is 67.9 Å². The van der Waals surface area contributed by atoms with Gasteiger partial charge in [-0.2, -0.15) is 0 Å². The van der Waals surface area contributed by atoms with Gasteiger partial charge in [0.05, 0.1) is 17.5 Å². The highest BCUT2D eigenvalue weighted by molar-refractivity contribution is 7.91. The van der Waals surface area contributed by atoms with Crippen LogP contribution in [-0.2, 0) is 14.6 Å². The Balaban J connectivity index is 1.92. The highest BCUT2D eigenvalue weighted by atomic mass is 32.2. The first-order valence-electron chi connectivity index (χ1n) is 8.12. The van der Waals surface area contributed by atoms with E-state index in [0.29, 0.717) is 12.8 Å². The number of hydrogen-bond donors (Lipinski definition) is 0. The SMILES string of the molecule is C[C@@H](C(=O)N(C)C1CCS(=O)(=O)CC1)N1CCCCCC1. The van der Waals surface area contributed by atoms with Gasteiger partial charge in [0.2, 0.25) is 5.91 Å². The summed E-state index contributed by atoms with van der Waals surface area (Å²) in [5, 5.41) is 0. The van der Waals surface area contributed by atoms with E-state index < -0.39 is 9.84 Å². The summed E-state index contributed by atoms with van der Waals surface area (Å²) in [4.78, 5) is 16.7. The van der Waals surface area contributed by atoms with Gasteiger partial charge in [-0.15, -0.1) is 0 Å². The van der Waals surface area contributed by atoms with Gasteiger partial charge in [0.15, 0.2) is 0 Å². The Morgan fingerprint density at radius 1 is 1.10 bits per heavy atom. The molecule has 2 rings (SSSR count). The lowest BCUT2D eigenvalue weighted by Gasteiger charge is -2.36. The molecule has 122 valence electrons. The van der Waals surface area contributed by atoms with E-state index in [1.54, 1.807) is 4.90 Å². The summed E-state index contributed by atoms with van der Waals surface area (Å²) in [7, 11) is -1.04. The maximum absolute atomic E-state index is 12.6. The summed E-state index contributed by atoms with van der Waals surface area (Å²) in [6, 6.07) is -0.0120. The number of amides is 1. The normalized spacial score (nSPS) is 26.0. The molecule has 0 radical (unpaired) electrons. The summed E-state index contributed by atoms with van der Waals surface area (Å²) in [5.41, 5.74) is 0. The van der Waals surface area contributed by atoms with E-state index in [-0.39, 0.29) is 29.5 Å². The average Bonchev–Trinajstić information content (AvgIpc) is 2.74. The van der Waals surface area contributed by atoms with Crippen molar-refractivity contribution >= 4 is 15.7 Å². The third kappa shape index (κ3) is 4.42. The molecule has 0 bridgehead atoms. The third-order valence-corrected chi connectivity index (χ3v) is 6.68. The van der Waals surface area contributed by atoms with E-state index >= 15 is 0 Å². The van der Waals surface area contributed by atoms with Crippen molar-refractivity contribution in [3.63, 3.8) is 0 Å². The van der Waals surface area contributed by atoms with Crippen molar-refractivity contribution < 1.29 is 13.2 Å². The molecule has 2 heterocycles. The fourth-order valence-electron chi connectivity index (χ4n) is 3.38. The largest absolute Gasteiger partial charge is 0.341 e. The molecule has 0 unspecified atom stereocenters. The molecule has 1 atom stereocenters. The second-order valence-corrected chi connectivity index (χ2v) is 8.76. The predicted molar refractivity (Wildman–Crippen MR) is 83.9 cm³/mol. The quantitative estimate of drug-likeness (QED) is 0.787. The number of rotatable bonds is 3. The van der Waals surface area contributed by atoms with E-state index in [1.165, 1.54) is 25.7 Å². The summed E-state index contributed by atoms with van der Waals surface area (Å²) in [6.45, 7) is 3.99. The fourth-order valence-corrected chi connectivity index (χ4v) is 4.84. The molecular weight excluding hydrogens is 288 g/mol. The minimum atomic E-state index is -2.87. The topological polar surface area (TPSA) is 57.7 Å². The van der Waals surface area contributed by atoms with Gasteiger partial charge in [-0.3, -0.25) is 9.69 Å². The molecule has 1 amide bonds. The Morgan fingerprint density at radius 3 is 2.14 bits per heavy atom. The summed E-state index contributed by atoms with van der Waals surface area (Å²) < 4.78 is 23.0. The van der Waals surface area contributed by atoms with Gasteiger partial charge in [-0.25, -0.2) is 8.42 Å². The standard InChI is InChI=1S/C15H28N2O3S/c1-13(17-9-5-3-4-6-10-17)15(18)16(2)14-7-11-21(19,20)12-8-14/h13-14H,3-12H2,1-2H3/t13-/m0/s1. The zero-order chi connectivity index (χ0) is 15.5. The lowest BCUT2D eigenvalue weighted by atomic mass is 10.1. The first-order chi connectivity index (χ1) is 9.91. The van der Waals surface area contributed by atoms with Crippen LogP contribution in [0.15, 0.2) is 0 Å². The van der Waals surface area contributed by atoms with E-state index in [1.807, 2.05) is 14.0 Å². The van der Waals surface area contributed by atoms with Crippen LogP contribution in [0.25, 0.3) is 0 Å². The van der Waals surface area contributed by atoms with Gasteiger partial charge in [0.25, 0.3) is 0 Å². The van der Waals surface area contributed by atoms with Crippen LogP contribution in [0.3, 0.4) is 0 Å². The zero-order valence-corrected chi connectivity index (χ0v) is 14.1. The summed E-state index contributed by atoms with van der Waals surface area (Å²) in [5.74, 6) is 0.571. The maximum Gasteiger partial charge on any atom is 0.239 e. The maximum atomic E-state index is 12.6. The number of sulfone groups is 1. The average molecular weight is 316 g/mol. The molecule has 6 heteroatoms. The van der Waals surface area contributed by atoms with E-state index in [0.717, 1.165) is 13.1 Å². The molecule has 0 N–H and O–H groups in total. The fraction of sp³-hybridized carbons (Fsp3) is 0.933. The molecule has 0 spiro atoms. The molecule has 2 aliphatic rings. The Labute approximate surface area is 128 Å². The van der Waals surface area contributed by atoms with Gasteiger partial charge >= 0.3 is 0 Å². The minimum absolute atomic E-state index is 0.0791. The van der Waals surface area contributed by atoms with Gasteiger partial charge in [0, 0.05) is 13.1 Å². The van der Waals surface area contributed by atoms with Gasteiger partial charge < -0.3 is 4.90 Å². The number of likely N-dealkylation sites (tertiary alicyclic amines) is 1. The van der Waals surface area contributed by atoms with Crippen LogP contribution >= 0.6 is 0 Å². The number of likely N-dealkylation sites (N-methyl/N-ethyl adjacent to an activating group) is 1. The minimum Gasteiger partial charge on any atom is -0.341 e. The molecule has 0 aromatic carbocycles. The van der Waals surface area contributed by atoms with Crippen LogP contribution in [0.1, 0.15) is 45.4 Å². The molecule has 5 nitrogen and oxygen atoms in total. The monoisotopic (exact) mass is 316 g/mol. The second-order valence-electron chi connectivity index (χ2n) is 6.46. The number of carbonyl (C=O) groups is 1. The number of nitrogens with zero attached hydrogens (tertiary/aromatic N) is 2. The van der Waals surface area contributed by atoms with Crippen molar-refractivity contribution in [2.75, 3.05) is 31.6 Å². The molecule has 0 aromatic rings. The van der Waals surface area contributed by atoms with Crippen LogP contribution in [0.4, 0.5) is 0 Å². The molecular formula is C15H28N2O3S. The van der Waals surface area contributed by atoms with Crippen LogP contribution < -0.4 is 0 Å². The first-order valence-corrected chi connectivity index (χ1v) is 9.94. The molecule has 21 heavy (non-hydrogen) atoms. The molecule has 0 aliphatic carbocycles.